The van der Waals surface area contributed by atoms with Crippen molar-refractivity contribution in [3.8, 4) is 0 Å². The van der Waals surface area contributed by atoms with Crippen molar-refractivity contribution in [2.45, 2.75) is 12.3 Å². The fraction of sp³-hybridized carbons (Fsp3) is 0.364. The van der Waals surface area contributed by atoms with Crippen molar-refractivity contribution in [1.82, 2.24) is 0 Å². The van der Waals surface area contributed by atoms with E-state index in [-0.39, 0.29) is 6.61 Å². The lowest BCUT2D eigenvalue weighted by atomic mass is 9.84. The Labute approximate surface area is 82.7 Å². The quantitative estimate of drug-likeness (QED) is 0.689. The zero-order valence-corrected chi connectivity index (χ0v) is 8.29. The van der Waals surface area contributed by atoms with E-state index in [4.69, 9.17) is 4.74 Å². The van der Waals surface area contributed by atoms with Crippen molar-refractivity contribution in [3.05, 3.63) is 35.9 Å². The number of halogens is 1. The topological polar surface area (TPSA) is 26.3 Å². The highest BCUT2D eigenvalue weighted by Gasteiger charge is 2.35. The molecule has 0 aliphatic rings. The van der Waals surface area contributed by atoms with E-state index in [0.717, 1.165) is 0 Å². The molecule has 3 heteroatoms. The maximum atomic E-state index is 12.9. The fourth-order valence-electron chi connectivity index (χ4n) is 1.35. The van der Waals surface area contributed by atoms with Crippen molar-refractivity contribution >= 4 is 6.04 Å². The first-order chi connectivity index (χ1) is 6.61. The number of carbonyl (C=O) groups is 1. The molecule has 2 nitrogen and oxygen atoms in total. The minimum Gasteiger partial charge on any atom is -0.383 e. The van der Waals surface area contributed by atoms with Gasteiger partial charge in [0.05, 0.1) is 6.61 Å². The first-order valence-corrected chi connectivity index (χ1v) is 4.35. The van der Waals surface area contributed by atoms with Crippen LogP contribution in [0.1, 0.15) is 12.5 Å². The molecule has 1 aromatic carbocycles. The van der Waals surface area contributed by atoms with Crippen molar-refractivity contribution in [3.63, 3.8) is 0 Å². The fourth-order valence-corrected chi connectivity index (χ4v) is 1.35. The molecular weight excluding hydrogens is 183 g/mol. The van der Waals surface area contributed by atoms with E-state index in [0.29, 0.717) is 5.56 Å². The third-order valence-corrected chi connectivity index (χ3v) is 2.28. The lowest BCUT2D eigenvalue weighted by Crippen LogP contribution is -2.34. The largest absolute Gasteiger partial charge is 0.383 e. The molecule has 1 atom stereocenters. The average molecular weight is 196 g/mol. The van der Waals surface area contributed by atoms with Crippen LogP contribution in [0.2, 0.25) is 0 Å². The van der Waals surface area contributed by atoms with E-state index in [2.05, 4.69) is 0 Å². The molecule has 0 saturated heterocycles. The molecule has 0 saturated carbocycles. The third kappa shape index (κ3) is 1.99. The average Bonchev–Trinajstić information content (AvgIpc) is 2.19. The minimum absolute atomic E-state index is 0.0480. The second kappa shape index (κ2) is 4.33. The monoisotopic (exact) mass is 196 g/mol. The number of carbonyl (C=O) groups excluding carboxylic acids is 1. The summed E-state index contributed by atoms with van der Waals surface area (Å²) in [4.78, 5) is 10.9. The van der Waals surface area contributed by atoms with Gasteiger partial charge in [-0.05, 0) is 12.5 Å². The highest BCUT2D eigenvalue weighted by molar-refractivity contribution is 5.81. The predicted molar refractivity (Wildman–Crippen MR) is 51.8 cm³/mol. The van der Waals surface area contributed by atoms with Crippen LogP contribution in [0, 0.1) is 0 Å². The Morgan fingerprint density at radius 1 is 1.43 bits per heavy atom. The maximum Gasteiger partial charge on any atom is 0.314 e. The van der Waals surface area contributed by atoms with E-state index in [1.54, 1.807) is 24.3 Å². The Bertz CT molecular complexity index is 310. The Hall–Kier alpha value is -1.22. The van der Waals surface area contributed by atoms with E-state index in [9.17, 15) is 9.18 Å². The number of benzene rings is 1. The molecule has 0 aliphatic carbocycles. The predicted octanol–water partition coefficient (Wildman–Crippen LogP) is 2.09. The molecule has 0 aromatic heterocycles. The molecule has 76 valence electrons. The van der Waals surface area contributed by atoms with Crippen LogP contribution in [0.25, 0.3) is 0 Å². The Kier molecular flexibility index (Phi) is 3.36. The molecule has 0 bridgehead atoms. The number of hydrogen-bond acceptors (Lipinski definition) is 2. The summed E-state index contributed by atoms with van der Waals surface area (Å²) in [6.45, 7) is 1.58. The molecule has 0 spiro atoms. The number of methoxy groups -OCH3 is 1. The van der Waals surface area contributed by atoms with Crippen molar-refractivity contribution in [2.75, 3.05) is 13.7 Å². The lowest BCUT2D eigenvalue weighted by molar-refractivity contribution is -0.136. The minimum atomic E-state index is -1.37. The van der Waals surface area contributed by atoms with Crippen LogP contribution < -0.4 is 0 Å². The van der Waals surface area contributed by atoms with Crippen molar-refractivity contribution in [1.29, 1.82) is 0 Å². The second-order valence-electron chi connectivity index (χ2n) is 3.40. The normalized spacial score (nSPS) is 14.8. The van der Waals surface area contributed by atoms with Crippen LogP contribution in [0.5, 0.6) is 0 Å². The molecule has 0 amide bonds. The van der Waals surface area contributed by atoms with Gasteiger partial charge in [0.25, 0.3) is 0 Å². The summed E-state index contributed by atoms with van der Waals surface area (Å²) < 4.78 is 17.8. The zero-order valence-electron chi connectivity index (χ0n) is 8.29. The van der Waals surface area contributed by atoms with Crippen LogP contribution >= 0.6 is 0 Å². The van der Waals surface area contributed by atoms with Gasteiger partial charge in [0.15, 0.2) is 0 Å². The molecule has 0 radical (unpaired) electrons. The van der Waals surface area contributed by atoms with Crippen LogP contribution in [0.4, 0.5) is 4.39 Å². The zero-order chi connectivity index (χ0) is 10.6. The van der Waals surface area contributed by atoms with Crippen LogP contribution in [-0.2, 0) is 14.9 Å². The second-order valence-corrected chi connectivity index (χ2v) is 3.40. The van der Waals surface area contributed by atoms with Crippen LogP contribution in [0.3, 0.4) is 0 Å². The Morgan fingerprint density at radius 2 is 2.00 bits per heavy atom. The van der Waals surface area contributed by atoms with Gasteiger partial charge in [-0.1, -0.05) is 30.3 Å². The third-order valence-electron chi connectivity index (χ3n) is 2.28. The van der Waals surface area contributed by atoms with Gasteiger partial charge in [-0.15, -0.1) is 0 Å². The first-order valence-electron chi connectivity index (χ1n) is 4.35. The molecule has 0 N–H and O–H groups in total. The van der Waals surface area contributed by atoms with E-state index < -0.39 is 11.5 Å². The molecule has 1 aromatic rings. The molecule has 1 unspecified atom stereocenters. The molecule has 0 aliphatic heterocycles. The van der Waals surface area contributed by atoms with Gasteiger partial charge in [0, 0.05) is 7.11 Å². The van der Waals surface area contributed by atoms with Gasteiger partial charge in [0.2, 0.25) is 0 Å². The summed E-state index contributed by atoms with van der Waals surface area (Å²) in [5.74, 6) is 0. The number of hydrogen-bond donors (Lipinski definition) is 0. The van der Waals surface area contributed by atoms with E-state index >= 15 is 0 Å². The van der Waals surface area contributed by atoms with Gasteiger partial charge in [-0.3, -0.25) is 4.79 Å². The summed E-state index contributed by atoms with van der Waals surface area (Å²) in [5.41, 5.74) is -0.551. The SMILES string of the molecule is COCC(C)(C(=O)F)c1ccccc1. The summed E-state index contributed by atoms with van der Waals surface area (Å²) in [6, 6.07) is 7.43. The highest BCUT2D eigenvalue weighted by Crippen LogP contribution is 2.25. The maximum absolute atomic E-state index is 12.9. The van der Waals surface area contributed by atoms with Gasteiger partial charge in [-0.2, -0.15) is 4.39 Å². The summed E-state index contributed by atoms with van der Waals surface area (Å²) in [5, 5.41) is 0. The number of ether oxygens (including phenoxy) is 1. The van der Waals surface area contributed by atoms with Gasteiger partial charge in [0.1, 0.15) is 5.41 Å². The van der Waals surface area contributed by atoms with Crippen molar-refractivity contribution < 1.29 is 13.9 Å². The summed E-state index contributed by atoms with van der Waals surface area (Å²) in [6.07, 6.45) is 0. The van der Waals surface area contributed by atoms with Gasteiger partial charge in [-0.25, -0.2) is 0 Å². The Balaban J connectivity index is 3.06. The van der Waals surface area contributed by atoms with Gasteiger partial charge < -0.3 is 4.74 Å². The number of rotatable bonds is 4. The summed E-state index contributed by atoms with van der Waals surface area (Å²) in [7, 11) is 1.45. The van der Waals surface area contributed by atoms with Crippen molar-refractivity contribution in [2.24, 2.45) is 0 Å². The molecule has 0 fully saturated rings. The molecule has 14 heavy (non-hydrogen) atoms. The van der Waals surface area contributed by atoms with E-state index in [1.165, 1.54) is 14.0 Å². The smallest absolute Gasteiger partial charge is 0.314 e. The Morgan fingerprint density at radius 3 is 2.43 bits per heavy atom. The molecule has 1 rings (SSSR count). The standard InChI is InChI=1S/C11H13FO2/c1-11(8-14-2,10(12)13)9-6-4-3-5-7-9/h3-7H,8H2,1-2H3. The lowest BCUT2D eigenvalue weighted by Gasteiger charge is -2.23. The van der Waals surface area contributed by atoms with Crippen LogP contribution in [-0.4, -0.2) is 19.8 Å². The van der Waals surface area contributed by atoms with E-state index in [1.807, 2.05) is 6.07 Å². The highest BCUT2D eigenvalue weighted by atomic mass is 19.1. The summed E-state index contributed by atoms with van der Waals surface area (Å²) >= 11 is 0. The first kappa shape index (κ1) is 10.9. The molecule has 0 heterocycles. The molecular formula is C11H13FO2. The van der Waals surface area contributed by atoms with Gasteiger partial charge >= 0.3 is 6.04 Å². The van der Waals surface area contributed by atoms with Crippen LogP contribution in [0.15, 0.2) is 30.3 Å².